The second-order valence-electron chi connectivity index (χ2n) is 8.54. The zero-order valence-corrected chi connectivity index (χ0v) is 22.5. The summed E-state index contributed by atoms with van der Waals surface area (Å²) in [6.07, 6.45) is 1.81. The molecule has 0 bridgehead atoms. The third kappa shape index (κ3) is 5.87. The van der Waals surface area contributed by atoms with Gasteiger partial charge in [0.25, 0.3) is 0 Å². The summed E-state index contributed by atoms with van der Waals surface area (Å²) in [5, 5.41) is 2.80. The van der Waals surface area contributed by atoms with E-state index in [4.69, 9.17) is 9.47 Å². The molecule has 4 aromatic rings. The van der Waals surface area contributed by atoms with Gasteiger partial charge in [-0.3, -0.25) is 14.7 Å². The number of aryl methyl sites for hydroxylation is 1. The van der Waals surface area contributed by atoms with Crippen molar-refractivity contribution < 1.29 is 22.7 Å². The van der Waals surface area contributed by atoms with Crippen molar-refractivity contribution in [1.29, 1.82) is 0 Å². The van der Waals surface area contributed by atoms with Gasteiger partial charge < -0.3 is 9.47 Å². The fourth-order valence-corrected chi connectivity index (χ4v) is 5.26. The van der Waals surface area contributed by atoms with Crippen molar-refractivity contribution in [2.24, 2.45) is 0 Å². The van der Waals surface area contributed by atoms with E-state index >= 15 is 0 Å². The van der Waals surface area contributed by atoms with E-state index in [9.17, 15) is 13.2 Å². The highest BCUT2D eigenvalue weighted by Crippen LogP contribution is 2.27. The molecule has 1 aromatic heterocycles. The molecule has 0 fully saturated rings. The van der Waals surface area contributed by atoms with Crippen molar-refractivity contribution in [3.05, 3.63) is 84.6 Å². The van der Waals surface area contributed by atoms with E-state index in [1.807, 2.05) is 43.3 Å². The molecule has 1 amide bonds. The summed E-state index contributed by atoms with van der Waals surface area (Å²) in [4.78, 5) is 17.9. The number of amides is 1. The van der Waals surface area contributed by atoms with Crippen LogP contribution in [0.5, 0.6) is 11.5 Å². The third-order valence-electron chi connectivity index (χ3n) is 6.02. The first-order valence-electron chi connectivity index (χ1n) is 12.0. The number of nitrogens with one attached hydrogen (secondary N) is 1. The maximum absolute atomic E-state index is 13.2. The van der Waals surface area contributed by atoms with Gasteiger partial charge in [0, 0.05) is 24.0 Å². The molecule has 4 rings (SSSR count). The molecule has 0 saturated carbocycles. The number of likely N-dealkylation sites (N-methyl/N-ethyl adjacent to an activating group) is 1. The van der Waals surface area contributed by atoms with E-state index in [1.54, 1.807) is 68.3 Å². The zero-order chi connectivity index (χ0) is 27.3. The lowest BCUT2D eigenvalue weighted by atomic mass is 10.1. The molecule has 3 aromatic carbocycles. The van der Waals surface area contributed by atoms with Crippen LogP contribution in [0.1, 0.15) is 12.5 Å². The summed E-state index contributed by atoms with van der Waals surface area (Å²) in [5.41, 5.74) is 3.14. The Morgan fingerprint density at radius 1 is 0.921 bits per heavy atom. The summed E-state index contributed by atoms with van der Waals surface area (Å²) in [5.74, 6) is 1.15. The molecule has 0 spiro atoms. The predicted molar refractivity (Wildman–Crippen MR) is 146 cm³/mol. The first-order valence-corrected chi connectivity index (χ1v) is 13.4. The van der Waals surface area contributed by atoms with Gasteiger partial charge in [-0.2, -0.15) is 4.31 Å². The molecule has 0 aliphatic heterocycles. The maximum Gasteiger partial charge on any atom is 0.243 e. The van der Waals surface area contributed by atoms with Crippen LogP contribution in [-0.2, 0) is 14.8 Å². The number of anilines is 1. The number of carbonyl (C=O) groups is 1. The molecule has 0 unspecified atom stereocenters. The van der Waals surface area contributed by atoms with Gasteiger partial charge in [0.2, 0.25) is 21.9 Å². The van der Waals surface area contributed by atoms with Crippen LogP contribution in [-0.4, -0.2) is 55.5 Å². The Kier molecular flexibility index (Phi) is 8.13. The van der Waals surface area contributed by atoms with Crippen LogP contribution >= 0.6 is 0 Å². The number of nitrogens with zero attached hydrogens (tertiary/aromatic N) is 3. The van der Waals surface area contributed by atoms with Crippen LogP contribution in [0.15, 0.2) is 83.9 Å². The van der Waals surface area contributed by atoms with Gasteiger partial charge >= 0.3 is 0 Å². The van der Waals surface area contributed by atoms with E-state index in [0.717, 1.165) is 21.1 Å². The lowest BCUT2D eigenvalue weighted by Crippen LogP contribution is -2.38. The van der Waals surface area contributed by atoms with Gasteiger partial charge in [-0.1, -0.05) is 24.6 Å². The molecular formula is C28H30N4O5S. The molecule has 0 aliphatic rings. The number of rotatable bonds is 10. The minimum atomic E-state index is -3.85. The molecule has 0 atom stereocenters. The summed E-state index contributed by atoms with van der Waals surface area (Å²) in [6.45, 7) is 3.35. The van der Waals surface area contributed by atoms with Crippen LogP contribution in [0.2, 0.25) is 0 Å². The number of imidazole rings is 1. The summed E-state index contributed by atoms with van der Waals surface area (Å²) in [6, 6.07) is 21.2. The SMILES string of the molecule is CCN(CC(=O)Nc1nc(-c2ccc(OC)cc2)cn1-c1ccc(OC)cc1)S(=O)(=O)c1ccc(C)cc1. The van der Waals surface area contributed by atoms with E-state index in [1.165, 1.54) is 0 Å². The average molecular weight is 535 g/mol. The highest BCUT2D eigenvalue weighted by atomic mass is 32.2. The van der Waals surface area contributed by atoms with Crippen LogP contribution in [0.25, 0.3) is 16.9 Å². The summed E-state index contributed by atoms with van der Waals surface area (Å²) in [7, 11) is -0.666. The highest BCUT2D eigenvalue weighted by molar-refractivity contribution is 7.89. The largest absolute Gasteiger partial charge is 0.497 e. The predicted octanol–water partition coefficient (Wildman–Crippen LogP) is 4.51. The van der Waals surface area contributed by atoms with Crippen molar-refractivity contribution in [3.63, 3.8) is 0 Å². The zero-order valence-electron chi connectivity index (χ0n) is 21.7. The first kappa shape index (κ1) is 26.9. The Morgan fingerprint density at radius 3 is 2.05 bits per heavy atom. The monoisotopic (exact) mass is 534 g/mol. The molecular weight excluding hydrogens is 504 g/mol. The molecule has 1 N–H and O–H groups in total. The molecule has 0 saturated heterocycles. The molecule has 1 heterocycles. The van der Waals surface area contributed by atoms with Gasteiger partial charge in [0.15, 0.2) is 0 Å². The number of hydrogen-bond donors (Lipinski definition) is 1. The Balaban J connectivity index is 1.63. The van der Waals surface area contributed by atoms with Crippen molar-refractivity contribution in [1.82, 2.24) is 13.9 Å². The van der Waals surface area contributed by atoms with Crippen molar-refractivity contribution in [3.8, 4) is 28.4 Å². The Morgan fingerprint density at radius 2 is 1.50 bits per heavy atom. The number of aromatic nitrogens is 2. The van der Waals surface area contributed by atoms with Crippen molar-refractivity contribution >= 4 is 21.9 Å². The van der Waals surface area contributed by atoms with Gasteiger partial charge in [0.1, 0.15) is 11.5 Å². The number of ether oxygens (including phenoxy) is 2. The van der Waals surface area contributed by atoms with Crippen molar-refractivity contribution in [2.75, 3.05) is 32.6 Å². The topological polar surface area (TPSA) is 103 Å². The van der Waals surface area contributed by atoms with Gasteiger partial charge in [-0.25, -0.2) is 13.4 Å². The summed E-state index contributed by atoms with van der Waals surface area (Å²) >= 11 is 0. The molecule has 198 valence electrons. The normalized spacial score (nSPS) is 11.4. The lowest BCUT2D eigenvalue weighted by Gasteiger charge is -2.20. The number of hydrogen-bond acceptors (Lipinski definition) is 6. The Hall–Kier alpha value is -4.15. The number of carbonyl (C=O) groups excluding carboxylic acids is 1. The second-order valence-corrected chi connectivity index (χ2v) is 10.5. The van der Waals surface area contributed by atoms with Gasteiger partial charge in [0.05, 0.1) is 31.4 Å². The van der Waals surface area contributed by atoms with Crippen LogP contribution in [0, 0.1) is 6.92 Å². The molecule has 9 nitrogen and oxygen atoms in total. The van der Waals surface area contributed by atoms with Crippen LogP contribution in [0.3, 0.4) is 0 Å². The minimum absolute atomic E-state index is 0.133. The molecule has 38 heavy (non-hydrogen) atoms. The fraction of sp³-hybridized carbons (Fsp3) is 0.214. The van der Waals surface area contributed by atoms with Crippen LogP contribution in [0.4, 0.5) is 5.95 Å². The third-order valence-corrected chi connectivity index (χ3v) is 7.96. The van der Waals surface area contributed by atoms with Gasteiger partial charge in [-0.05, 0) is 67.6 Å². The fourth-order valence-electron chi connectivity index (χ4n) is 3.86. The quantitative estimate of drug-likeness (QED) is 0.321. The number of methoxy groups -OCH3 is 2. The number of sulfonamides is 1. The minimum Gasteiger partial charge on any atom is -0.497 e. The second kappa shape index (κ2) is 11.5. The maximum atomic E-state index is 13.2. The van der Waals surface area contributed by atoms with Crippen LogP contribution < -0.4 is 14.8 Å². The van der Waals surface area contributed by atoms with Crippen molar-refractivity contribution in [2.45, 2.75) is 18.7 Å². The average Bonchev–Trinajstić information content (AvgIpc) is 3.35. The smallest absolute Gasteiger partial charge is 0.243 e. The lowest BCUT2D eigenvalue weighted by molar-refractivity contribution is -0.116. The Bertz CT molecular complexity index is 1500. The Labute approximate surface area is 222 Å². The van der Waals surface area contributed by atoms with E-state index in [-0.39, 0.29) is 23.9 Å². The molecule has 10 heteroatoms. The first-order chi connectivity index (χ1) is 18.2. The summed E-state index contributed by atoms with van der Waals surface area (Å²) < 4.78 is 39.7. The standard InChI is InChI=1S/C28H30N4O5S/c1-5-31(38(34,35)25-16-6-20(2)7-17-25)19-27(33)30-28-29-26(21-8-12-23(36-3)13-9-21)18-32(28)22-10-14-24(37-4)15-11-22/h6-18H,5,19H2,1-4H3,(H,29,30,33). The van der Waals surface area contributed by atoms with Gasteiger partial charge in [-0.15, -0.1) is 0 Å². The van der Waals surface area contributed by atoms with E-state index in [0.29, 0.717) is 17.2 Å². The van der Waals surface area contributed by atoms with E-state index < -0.39 is 15.9 Å². The van der Waals surface area contributed by atoms with E-state index in [2.05, 4.69) is 10.3 Å². The number of benzene rings is 3. The molecule has 0 radical (unpaired) electrons. The highest BCUT2D eigenvalue weighted by Gasteiger charge is 2.26. The molecule has 0 aliphatic carbocycles.